The average molecular weight is 934 g/mol. The monoisotopic (exact) mass is 934 g/mol. The Bertz CT molecular complexity index is 1220. The van der Waals surface area contributed by atoms with Gasteiger partial charge in [0.15, 0.2) is 0 Å². The Morgan fingerprint density at radius 2 is 0.892 bits per heavy atom. The molecule has 0 aromatic heterocycles. The van der Waals surface area contributed by atoms with E-state index in [4.69, 9.17) is 18.5 Å². The lowest BCUT2D eigenvalue weighted by molar-refractivity contribution is -0.870. The second kappa shape index (κ2) is 48.6. The van der Waals surface area contributed by atoms with E-state index in [9.17, 15) is 14.3 Å². The number of carbonyl (C=O) groups is 1. The van der Waals surface area contributed by atoms with Crippen molar-refractivity contribution >= 4 is 13.8 Å². The van der Waals surface area contributed by atoms with E-state index in [1.54, 1.807) is 0 Å². The number of nitrogens with zero attached hydrogens (tertiary/aromatic N) is 1. The first-order chi connectivity index (χ1) is 31.6. The first kappa shape index (κ1) is 63.2. The number of ether oxygens (including phenoxy) is 2. The van der Waals surface area contributed by atoms with Gasteiger partial charge in [-0.1, -0.05) is 209 Å². The molecule has 0 N–H and O–H groups in total. The van der Waals surface area contributed by atoms with Crippen molar-refractivity contribution in [2.45, 2.75) is 238 Å². The average Bonchev–Trinajstić information content (AvgIpc) is 3.27. The van der Waals surface area contributed by atoms with E-state index >= 15 is 0 Å². The van der Waals surface area contributed by atoms with Crippen LogP contribution in [0.25, 0.3) is 0 Å². The number of rotatable bonds is 50. The number of phosphoric acid groups is 1. The number of quaternary nitrogens is 1. The lowest BCUT2D eigenvalue weighted by Gasteiger charge is -2.28. The fourth-order valence-corrected chi connectivity index (χ4v) is 8.14. The highest BCUT2D eigenvalue weighted by Gasteiger charge is 2.20. The minimum atomic E-state index is -4.54. The van der Waals surface area contributed by atoms with Gasteiger partial charge in [-0.15, -0.1) is 0 Å². The molecule has 0 saturated carbocycles. The van der Waals surface area contributed by atoms with Gasteiger partial charge in [-0.25, -0.2) is 0 Å². The van der Waals surface area contributed by atoms with Crippen LogP contribution in [0.5, 0.6) is 0 Å². The third kappa shape index (κ3) is 53.0. The van der Waals surface area contributed by atoms with Crippen molar-refractivity contribution in [3.05, 3.63) is 60.8 Å². The van der Waals surface area contributed by atoms with Crippen molar-refractivity contribution in [2.24, 2.45) is 0 Å². The molecule has 2 unspecified atom stereocenters. The first-order valence-corrected chi connectivity index (χ1v) is 28.5. The Labute approximate surface area is 402 Å². The van der Waals surface area contributed by atoms with E-state index in [2.05, 4.69) is 74.6 Å². The molecule has 380 valence electrons. The zero-order valence-electron chi connectivity index (χ0n) is 43.2. The van der Waals surface area contributed by atoms with Crippen molar-refractivity contribution in [3.63, 3.8) is 0 Å². The first-order valence-electron chi connectivity index (χ1n) is 27.0. The number of hydrogen-bond donors (Lipinski definition) is 0. The summed E-state index contributed by atoms with van der Waals surface area (Å²) in [6, 6.07) is 0. The van der Waals surface area contributed by atoms with Crippen LogP contribution < -0.4 is 4.89 Å². The largest absolute Gasteiger partial charge is 0.756 e. The molecule has 0 radical (unpaired) electrons. The fourth-order valence-electron chi connectivity index (χ4n) is 7.42. The minimum Gasteiger partial charge on any atom is -0.756 e. The van der Waals surface area contributed by atoms with Gasteiger partial charge >= 0.3 is 5.97 Å². The Kier molecular flexibility index (Phi) is 47.3. The molecule has 0 saturated heterocycles. The van der Waals surface area contributed by atoms with E-state index in [0.717, 1.165) is 64.2 Å². The maximum absolute atomic E-state index is 12.7. The fraction of sp³-hybridized carbons (Fsp3) is 0.804. The number of allylic oxidation sites excluding steroid dienone is 10. The highest BCUT2D eigenvalue weighted by Crippen LogP contribution is 2.38. The van der Waals surface area contributed by atoms with Gasteiger partial charge in [-0.2, -0.15) is 0 Å². The summed E-state index contributed by atoms with van der Waals surface area (Å²) in [6.45, 7) is 5.30. The van der Waals surface area contributed by atoms with Gasteiger partial charge in [0.05, 0.1) is 34.4 Å². The molecule has 2 atom stereocenters. The zero-order valence-corrected chi connectivity index (χ0v) is 44.1. The van der Waals surface area contributed by atoms with Crippen molar-refractivity contribution < 1.29 is 37.3 Å². The molecule has 0 aliphatic heterocycles. The van der Waals surface area contributed by atoms with Crippen LogP contribution in [0.1, 0.15) is 232 Å². The van der Waals surface area contributed by atoms with E-state index in [-0.39, 0.29) is 25.8 Å². The predicted molar refractivity (Wildman–Crippen MR) is 277 cm³/mol. The number of carbonyl (C=O) groups excluding carboxylic acids is 1. The molecule has 0 aliphatic rings. The van der Waals surface area contributed by atoms with Gasteiger partial charge in [0.1, 0.15) is 19.3 Å². The molecule has 0 aromatic carbocycles. The number of likely N-dealkylation sites (N-methyl/N-ethyl adjacent to an activating group) is 1. The van der Waals surface area contributed by atoms with Crippen molar-refractivity contribution in [2.75, 3.05) is 54.1 Å². The van der Waals surface area contributed by atoms with Gasteiger partial charge in [-0.3, -0.25) is 9.36 Å². The second-order valence-corrected chi connectivity index (χ2v) is 20.6. The van der Waals surface area contributed by atoms with Gasteiger partial charge in [0.2, 0.25) is 0 Å². The predicted octanol–water partition coefficient (Wildman–Crippen LogP) is 16.2. The number of hydrogen-bond acceptors (Lipinski definition) is 7. The molecule has 0 rings (SSSR count). The van der Waals surface area contributed by atoms with Crippen LogP contribution in [0.3, 0.4) is 0 Å². The SMILES string of the molecule is CC/C=C\C/C=C\C/C=C\CCCCCCCCCC(=O)OC(COCCCCCCCCCCCCCCCC/C=C\C/C=C\CCCCCCC)COP(=O)([O-])OCC[N+](C)(C)C. The third-order valence-electron chi connectivity index (χ3n) is 11.6. The third-order valence-corrected chi connectivity index (χ3v) is 12.5. The smallest absolute Gasteiger partial charge is 0.306 e. The minimum absolute atomic E-state index is 0.0224. The Morgan fingerprint density at radius 3 is 1.34 bits per heavy atom. The van der Waals surface area contributed by atoms with Crippen LogP contribution in [-0.4, -0.2) is 70.7 Å². The zero-order chi connectivity index (χ0) is 47.6. The standard InChI is InChI=1S/C56H104NO7P/c1-6-8-10-12-14-16-18-20-22-24-25-26-27-28-29-30-31-32-34-36-38-40-42-44-46-48-51-61-53-55(54-63-65(59,60)62-52-50-57(3,4)5)64-56(58)49-47-45-43-41-39-37-35-33-23-21-19-17-15-13-11-9-7-2/h9,11,15,17-18,20-21,23-25,55H,6-8,10,12-14,16,19,22,26-54H2,1-5H3/b11-9-,17-15-,20-18-,23-21-,25-24-. The van der Waals surface area contributed by atoms with Crippen molar-refractivity contribution in [3.8, 4) is 0 Å². The second-order valence-electron chi connectivity index (χ2n) is 19.2. The van der Waals surface area contributed by atoms with Crippen LogP contribution in [-0.2, 0) is 27.9 Å². The van der Waals surface area contributed by atoms with E-state index < -0.39 is 13.9 Å². The van der Waals surface area contributed by atoms with Crippen LogP contribution in [0, 0.1) is 0 Å². The summed E-state index contributed by atoms with van der Waals surface area (Å²) in [5.41, 5.74) is 0. The van der Waals surface area contributed by atoms with Crippen LogP contribution in [0.2, 0.25) is 0 Å². The van der Waals surface area contributed by atoms with E-state index in [1.165, 1.54) is 148 Å². The summed E-state index contributed by atoms with van der Waals surface area (Å²) >= 11 is 0. The topological polar surface area (TPSA) is 94.1 Å². The Hall–Kier alpha value is -1.80. The van der Waals surface area contributed by atoms with Crippen molar-refractivity contribution in [1.82, 2.24) is 0 Å². The number of unbranched alkanes of at least 4 members (excludes halogenated alkanes) is 26. The molecule has 0 heterocycles. The molecular formula is C56H104NO7P. The van der Waals surface area contributed by atoms with Crippen molar-refractivity contribution in [1.29, 1.82) is 0 Å². The highest BCUT2D eigenvalue weighted by atomic mass is 31.2. The van der Waals surface area contributed by atoms with Gasteiger partial charge in [-0.05, 0) is 77.0 Å². The summed E-state index contributed by atoms with van der Waals surface area (Å²) < 4.78 is 34.8. The Morgan fingerprint density at radius 1 is 0.492 bits per heavy atom. The molecule has 0 bridgehead atoms. The number of phosphoric ester groups is 1. The molecular weight excluding hydrogens is 830 g/mol. The van der Waals surface area contributed by atoms with Gasteiger partial charge in [0.25, 0.3) is 7.82 Å². The number of esters is 1. The molecule has 0 amide bonds. The molecule has 0 aliphatic carbocycles. The molecule has 0 fully saturated rings. The maximum atomic E-state index is 12.7. The molecule has 8 nitrogen and oxygen atoms in total. The normalized spacial score (nSPS) is 14.0. The molecule has 9 heteroatoms. The highest BCUT2D eigenvalue weighted by molar-refractivity contribution is 7.45. The summed E-state index contributed by atoms with van der Waals surface area (Å²) in [5, 5.41) is 0. The molecule has 0 spiro atoms. The lowest BCUT2D eigenvalue weighted by Crippen LogP contribution is -2.37. The van der Waals surface area contributed by atoms with E-state index in [0.29, 0.717) is 24.1 Å². The summed E-state index contributed by atoms with van der Waals surface area (Å²) in [5.74, 6) is -0.343. The summed E-state index contributed by atoms with van der Waals surface area (Å²) in [4.78, 5) is 25.2. The summed E-state index contributed by atoms with van der Waals surface area (Å²) in [7, 11) is 1.35. The van der Waals surface area contributed by atoms with Gasteiger partial charge < -0.3 is 27.9 Å². The molecule has 0 aromatic rings. The quantitative estimate of drug-likeness (QED) is 0.0197. The summed E-state index contributed by atoms with van der Waals surface area (Å²) in [6.07, 6.45) is 62.5. The lowest BCUT2D eigenvalue weighted by atomic mass is 10.0. The molecule has 65 heavy (non-hydrogen) atoms. The van der Waals surface area contributed by atoms with E-state index in [1.807, 2.05) is 21.1 Å². The van der Waals surface area contributed by atoms with Crippen LogP contribution in [0.4, 0.5) is 0 Å². The van der Waals surface area contributed by atoms with Crippen LogP contribution in [0.15, 0.2) is 60.8 Å². The maximum Gasteiger partial charge on any atom is 0.306 e. The van der Waals surface area contributed by atoms with Gasteiger partial charge in [0, 0.05) is 13.0 Å². The Balaban J connectivity index is 4.07. The van der Waals surface area contributed by atoms with Crippen LogP contribution >= 0.6 is 7.82 Å².